The number of halogens is 3. The SMILES string of the molecule is CCNCC1C(C)CN(c2c(F)cc3c(=O)c(C(=O)O)cn(C4CC4)c3c2F)C1I. The number of carboxylic acids is 1. The van der Waals surface area contributed by atoms with Crippen molar-refractivity contribution in [3.8, 4) is 0 Å². The lowest BCUT2D eigenvalue weighted by molar-refractivity contribution is 0.0694. The normalized spacial score (nSPS) is 24.0. The lowest BCUT2D eigenvalue weighted by Crippen LogP contribution is -2.34. The molecular weight excluding hydrogens is 507 g/mol. The smallest absolute Gasteiger partial charge is 0.341 e. The maximum Gasteiger partial charge on any atom is 0.341 e. The first-order valence-electron chi connectivity index (χ1n) is 10.2. The Morgan fingerprint density at radius 2 is 2.07 bits per heavy atom. The van der Waals surface area contributed by atoms with Gasteiger partial charge < -0.3 is 19.9 Å². The average molecular weight is 531 g/mol. The van der Waals surface area contributed by atoms with Gasteiger partial charge in [-0.15, -0.1) is 0 Å². The van der Waals surface area contributed by atoms with E-state index in [0.717, 1.165) is 32.0 Å². The van der Waals surface area contributed by atoms with Gasteiger partial charge >= 0.3 is 5.97 Å². The van der Waals surface area contributed by atoms with Crippen LogP contribution in [0.5, 0.6) is 0 Å². The van der Waals surface area contributed by atoms with Gasteiger partial charge in [0.05, 0.1) is 15.0 Å². The molecule has 0 bridgehead atoms. The predicted molar refractivity (Wildman–Crippen MR) is 120 cm³/mol. The number of aromatic nitrogens is 1. The van der Waals surface area contributed by atoms with Crippen LogP contribution in [0.2, 0.25) is 0 Å². The molecule has 0 radical (unpaired) electrons. The van der Waals surface area contributed by atoms with E-state index in [1.54, 1.807) is 4.90 Å². The van der Waals surface area contributed by atoms with Crippen molar-refractivity contribution in [1.82, 2.24) is 9.88 Å². The number of fused-ring (bicyclic) bond motifs is 1. The van der Waals surface area contributed by atoms with Crippen molar-refractivity contribution in [2.24, 2.45) is 11.8 Å². The van der Waals surface area contributed by atoms with Crippen molar-refractivity contribution >= 4 is 45.2 Å². The summed E-state index contributed by atoms with van der Waals surface area (Å²) in [5.41, 5.74) is -1.46. The highest BCUT2D eigenvalue weighted by molar-refractivity contribution is 14.1. The van der Waals surface area contributed by atoms with E-state index < -0.39 is 28.6 Å². The van der Waals surface area contributed by atoms with Gasteiger partial charge in [0.15, 0.2) is 5.82 Å². The van der Waals surface area contributed by atoms with E-state index in [-0.39, 0.29) is 38.5 Å². The Kier molecular flexibility index (Phi) is 5.78. The van der Waals surface area contributed by atoms with E-state index in [0.29, 0.717) is 6.54 Å². The number of alkyl halides is 1. The number of nitrogens with zero attached hydrogens (tertiary/aromatic N) is 2. The monoisotopic (exact) mass is 531 g/mol. The molecule has 2 heterocycles. The van der Waals surface area contributed by atoms with Crippen LogP contribution in [0.4, 0.5) is 14.5 Å². The molecule has 6 nitrogen and oxygen atoms in total. The second-order valence-electron chi connectivity index (χ2n) is 8.21. The Bertz CT molecular complexity index is 1070. The van der Waals surface area contributed by atoms with Crippen LogP contribution in [0.15, 0.2) is 17.1 Å². The van der Waals surface area contributed by atoms with Crippen molar-refractivity contribution in [2.45, 2.75) is 36.8 Å². The summed E-state index contributed by atoms with van der Waals surface area (Å²) in [5, 5.41) is 12.5. The second-order valence-corrected chi connectivity index (χ2v) is 9.48. The summed E-state index contributed by atoms with van der Waals surface area (Å²) in [5.74, 6) is -2.56. The summed E-state index contributed by atoms with van der Waals surface area (Å²) in [6.07, 6.45) is 2.74. The first kappa shape index (κ1) is 21.5. The molecular formula is C21H24F2IN3O3. The molecule has 30 heavy (non-hydrogen) atoms. The maximum absolute atomic E-state index is 15.8. The van der Waals surface area contributed by atoms with Crippen molar-refractivity contribution in [2.75, 3.05) is 24.5 Å². The first-order valence-corrected chi connectivity index (χ1v) is 11.4. The number of carbonyl (C=O) groups is 1. The van der Waals surface area contributed by atoms with Crippen LogP contribution < -0.4 is 15.6 Å². The molecule has 3 atom stereocenters. The average Bonchev–Trinajstić information content (AvgIpc) is 3.48. The van der Waals surface area contributed by atoms with Crippen molar-refractivity contribution < 1.29 is 18.7 Å². The van der Waals surface area contributed by atoms with Gasteiger partial charge in [-0.3, -0.25) is 4.79 Å². The summed E-state index contributed by atoms with van der Waals surface area (Å²) in [6.45, 7) is 6.18. The molecule has 1 saturated carbocycles. The Labute approximate surface area is 186 Å². The molecule has 4 rings (SSSR count). The largest absolute Gasteiger partial charge is 0.477 e. The number of hydrogen-bond acceptors (Lipinski definition) is 4. The Morgan fingerprint density at radius 1 is 1.37 bits per heavy atom. The minimum Gasteiger partial charge on any atom is -0.477 e. The van der Waals surface area contributed by atoms with Crippen LogP contribution in [-0.2, 0) is 0 Å². The summed E-state index contributed by atoms with van der Waals surface area (Å²) >= 11 is 2.23. The third kappa shape index (κ3) is 3.49. The third-order valence-corrected chi connectivity index (χ3v) is 7.73. The Morgan fingerprint density at radius 3 is 2.67 bits per heavy atom. The fourth-order valence-corrected chi connectivity index (χ4v) is 5.83. The first-order chi connectivity index (χ1) is 14.3. The van der Waals surface area contributed by atoms with Crippen molar-refractivity contribution in [3.63, 3.8) is 0 Å². The zero-order valence-electron chi connectivity index (χ0n) is 16.8. The summed E-state index contributed by atoms with van der Waals surface area (Å²) in [4.78, 5) is 25.9. The van der Waals surface area contributed by atoms with Crippen LogP contribution in [-0.4, -0.2) is 39.3 Å². The van der Waals surface area contributed by atoms with Gasteiger partial charge in [-0.1, -0.05) is 36.4 Å². The molecule has 1 saturated heterocycles. The number of hydrogen-bond donors (Lipinski definition) is 2. The highest BCUT2D eigenvalue weighted by atomic mass is 127. The molecule has 162 valence electrons. The molecule has 2 aromatic rings. The molecule has 3 unspecified atom stereocenters. The minimum absolute atomic E-state index is 0.00436. The third-order valence-electron chi connectivity index (χ3n) is 6.14. The number of anilines is 1. The Balaban J connectivity index is 1.89. The molecule has 1 aliphatic carbocycles. The molecule has 2 aliphatic rings. The molecule has 9 heteroatoms. The van der Waals surface area contributed by atoms with E-state index >= 15 is 8.78 Å². The fraction of sp³-hybridized carbons (Fsp3) is 0.524. The molecule has 2 N–H and O–H groups in total. The molecule has 0 amide bonds. The summed E-state index contributed by atoms with van der Waals surface area (Å²) < 4.78 is 32.4. The molecule has 1 aromatic heterocycles. The summed E-state index contributed by atoms with van der Waals surface area (Å²) in [6, 6.07) is 0.931. The van der Waals surface area contributed by atoms with Gasteiger partial charge in [0.1, 0.15) is 17.1 Å². The van der Waals surface area contributed by atoms with Crippen LogP contribution in [0.3, 0.4) is 0 Å². The van der Waals surface area contributed by atoms with E-state index in [4.69, 9.17) is 0 Å². The molecule has 0 spiro atoms. The van der Waals surface area contributed by atoms with Crippen LogP contribution >= 0.6 is 22.6 Å². The Hall–Kier alpha value is -1.75. The van der Waals surface area contributed by atoms with Crippen LogP contribution in [0, 0.1) is 23.5 Å². The van der Waals surface area contributed by atoms with Gasteiger partial charge in [0.25, 0.3) is 0 Å². The minimum atomic E-state index is -1.40. The maximum atomic E-state index is 15.8. The topological polar surface area (TPSA) is 74.6 Å². The van der Waals surface area contributed by atoms with Crippen molar-refractivity contribution in [3.05, 3.63) is 39.7 Å². The van der Waals surface area contributed by atoms with Gasteiger partial charge in [-0.25, -0.2) is 13.6 Å². The molecule has 1 aliphatic heterocycles. The number of aromatic carboxylic acids is 1. The predicted octanol–water partition coefficient (Wildman–Crippen LogP) is 3.76. The van der Waals surface area contributed by atoms with Gasteiger partial charge in [-0.05, 0) is 31.4 Å². The lowest BCUT2D eigenvalue weighted by Gasteiger charge is -2.27. The van der Waals surface area contributed by atoms with Crippen LogP contribution in [0.1, 0.15) is 43.1 Å². The molecule has 1 aromatic carbocycles. The van der Waals surface area contributed by atoms with Gasteiger partial charge in [0, 0.05) is 31.2 Å². The highest BCUT2D eigenvalue weighted by Gasteiger charge is 2.40. The van der Waals surface area contributed by atoms with E-state index in [1.165, 1.54) is 10.8 Å². The van der Waals surface area contributed by atoms with Gasteiger partial charge in [0.2, 0.25) is 5.43 Å². The van der Waals surface area contributed by atoms with Crippen molar-refractivity contribution in [1.29, 1.82) is 0 Å². The number of nitrogens with one attached hydrogen (secondary N) is 1. The van der Waals surface area contributed by atoms with E-state index in [2.05, 4.69) is 34.8 Å². The second kappa shape index (κ2) is 8.07. The standard InChI is InChI=1S/C21H24F2IN3O3/c1-3-25-7-13-10(2)8-27(20(13)24)18-15(22)6-12-17(16(18)23)26(11-4-5-11)9-14(19(12)28)21(29)30/h6,9-11,13,20,25H,3-5,7-8H2,1-2H3,(H,29,30). The molecule has 2 fully saturated rings. The van der Waals surface area contributed by atoms with E-state index in [1.807, 2.05) is 6.92 Å². The quantitative estimate of drug-likeness (QED) is 0.338. The number of rotatable bonds is 6. The van der Waals surface area contributed by atoms with E-state index in [9.17, 15) is 14.7 Å². The fourth-order valence-electron chi connectivity index (χ4n) is 4.36. The number of carboxylic acid groups (broad SMARTS) is 1. The summed E-state index contributed by atoms with van der Waals surface area (Å²) in [7, 11) is 0. The zero-order chi connectivity index (χ0) is 21.7. The van der Waals surface area contributed by atoms with Gasteiger partial charge in [-0.2, -0.15) is 0 Å². The lowest BCUT2D eigenvalue weighted by atomic mass is 9.98. The number of pyridine rings is 1. The number of benzene rings is 1. The zero-order valence-corrected chi connectivity index (χ0v) is 18.9. The highest BCUT2D eigenvalue weighted by Crippen LogP contribution is 2.43. The van der Waals surface area contributed by atoms with Crippen LogP contribution in [0.25, 0.3) is 10.9 Å².